The summed E-state index contributed by atoms with van der Waals surface area (Å²) < 4.78 is 7.31. The standard InChI is InChI=1S/C13H11BrINO3S/c1-3-19-11-8(14)4-7(5-9(11)15)6-10-12(17)16(2)13(18)20-10/h4-6H,3H2,1-2H3/b10-6-. The number of imide groups is 1. The molecule has 1 fully saturated rings. The normalized spacial score (nSPS) is 17.2. The molecule has 0 aromatic heterocycles. The number of rotatable bonds is 3. The Labute approximate surface area is 143 Å². The van der Waals surface area contributed by atoms with Gasteiger partial charge in [0.25, 0.3) is 11.1 Å². The van der Waals surface area contributed by atoms with Crippen molar-refractivity contribution in [2.45, 2.75) is 6.92 Å². The highest BCUT2D eigenvalue weighted by atomic mass is 127. The van der Waals surface area contributed by atoms with Crippen LogP contribution in [0.4, 0.5) is 4.79 Å². The van der Waals surface area contributed by atoms with Crippen molar-refractivity contribution >= 4 is 67.5 Å². The predicted octanol–water partition coefficient (Wildman–Crippen LogP) is 4.12. The first-order valence-corrected chi connectivity index (χ1v) is 8.46. The van der Waals surface area contributed by atoms with Gasteiger partial charge in [-0.15, -0.1) is 0 Å². The third-order valence-electron chi connectivity index (χ3n) is 2.59. The molecule has 0 N–H and O–H groups in total. The van der Waals surface area contributed by atoms with Crippen molar-refractivity contribution in [3.8, 4) is 5.75 Å². The molecule has 1 aliphatic heterocycles. The summed E-state index contributed by atoms with van der Waals surface area (Å²) in [6.07, 6.45) is 1.72. The van der Waals surface area contributed by atoms with Crippen molar-refractivity contribution in [3.63, 3.8) is 0 Å². The minimum absolute atomic E-state index is 0.249. The smallest absolute Gasteiger partial charge is 0.293 e. The molecule has 0 bridgehead atoms. The fourth-order valence-electron chi connectivity index (χ4n) is 1.64. The van der Waals surface area contributed by atoms with Crippen LogP contribution in [-0.2, 0) is 4.79 Å². The van der Waals surface area contributed by atoms with Crippen LogP contribution in [0.25, 0.3) is 6.08 Å². The van der Waals surface area contributed by atoms with E-state index in [9.17, 15) is 9.59 Å². The minimum atomic E-state index is -0.264. The Kier molecular flexibility index (Phi) is 5.14. The van der Waals surface area contributed by atoms with Gasteiger partial charge in [-0.3, -0.25) is 14.5 Å². The van der Waals surface area contributed by atoms with Crippen molar-refractivity contribution in [2.75, 3.05) is 13.7 Å². The third kappa shape index (κ3) is 3.20. The quantitative estimate of drug-likeness (QED) is 0.495. The van der Waals surface area contributed by atoms with Gasteiger partial charge >= 0.3 is 0 Å². The second-order valence-corrected chi connectivity index (χ2v) is 7.00. The Hall–Kier alpha value is -0.540. The van der Waals surface area contributed by atoms with Gasteiger partial charge in [0, 0.05) is 7.05 Å². The Morgan fingerprint density at radius 1 is 1.45 bits per heavy atom. The van der Waals surface area contributed by atoms with Crippen LogP contribution in [0.3, 0.4) is 0 Å². The summed E-state index contributed by atoms with van der Waals surface area (Å²) in [5.74, 6) is 0.522. The van der Waals surface area contributed by atoms with E-state index in [-0.39, 0.29) is 11.1 Å². The van der Waals surface area contributed by atoms with E-state index >= 15 is 0 Å². The van der Waals surface area contributed by atoms with Gasteiger partial charge in [0.1, 0.15) is 5.75 Å². The molecule has 0 saturated carbocycles. The highest BCUT2D eigenvalue weighted by Gasteiger charge is 2.31. The molecule has 2 amide bonds. The summed E-state index contributed by atoms with van der Waals surface area (Å²) in [7, 11) is 1.48. The van der Waals surface area contributed by atoms with E-state index in [2.05, 4.69) is 38.5 Å². The molecule has 0 spiro atoms. The number of halogens is 2. The van der Waals surface area contributed by atoms with Crippen molar-refractivity contribution in [2.24, 2.45) is 0 Å². The average Bonchev–Trinajstić information content (AvgIpc) is 2.62. The average molecular weight is 468 g/mol. The van der Waals surface area contributed by atoms with Gasteiger partial charge < -0.3 is 4.74 Å². The molecule has 106 valence electrons. The molecule has 0 atom stereocenters. The van der Waals surface area contributed by atoms with E-state index in [1.54, 1.807) is 6.08 Å². The van der Waals surface area contributed by atoms with E-state index in [0.717, 1.165) is 36.0 Å². The van der Waals surface area contributed by atoms with Crippen LogP contribution in [-0.4, -0.2) is 29.7 Å². The number of nitrogens with zero attached hydrogens (tertiary/aromatic N) is 1. The van der Waals surface area contributed by atoms with Crippen molar-refractivity contribution < 1.29 is 14.3 Å². The summed E-state index contributed by atoms with van der Waals surface area (Å²) in [6.45, 7) is 2.51. The third-order valence-corrected chi connectivity index (χ3v) is 4.94. The molecule has 1 aromatic rings. The molecule has 20 heavy (non-hydrogen) atoms. The van der Waals surface area contributed by atoms with Gasteiger partial charge in [-0.2, -0.15) is 0 Å². The van der Waals surface area contributed by atoms with Gasteiger partial charge in [0.15, 0.2) is 0 Å². The van der Waals surface area contributed by atoms with Crippen LogP contribution in [0.5, 0.6) is 5.75 Å². The van der Waals surface area contributed by atoms with Crippen molar-refractivity contribution in [1.29, 1.82) is 0 Å². The molecule has 1 aliphatic rings. The second kappa shape index (κ2) is 6.48. The highest BCUT2D eigenvalue weighted by Crippen LogP contribution is 2.35. The highest BCUT2D eigenvalue weighted by molar-refractivity contribution is 14.1. The van der Waals surface area contributed by atoms with Gasteiger partial charge in [0.2, 0.25) is 0 Å². The Morgan fingerprint density at radius 2 is 2.15 bits per heavy atom. The molecule has 2 rings (SSSR count). The maximum absolute atomic E-state index is 11.8. The number of amides is 2. The van der Waals surface area contributed by atoms with E-state index < -0.39 is 0 Å². The zero-order valence-electron chi connectivity index (χ0n) is 10.8. The number of hydrogen-bond donors (Lipinski definition) is 0. The zero-order chi connectivity index (χ0) is 14.9. The molecule has 0 unspecified atom stereocenters. The lowest BCUT2D eigenvalue weighted by Gasteiger charge is -2.09. The van der Waals surface area contributed by atoms with Crippen molar-refractivity contribution in [1.82, 2.24) is 4.90 Å². The molecule has 4 nitrogen and oxygen atoms in total. The van der Waals surface area contributed by atoms with Crippen LogP contribution in [0.1, 0.15) is 12.5 Å². The summed E-state index contributed by atoms with van der Waals surface area (Å²) in [4.78, 5) is 24.8. The molecular weight excluding hydrogens is 457 g/mol. The number of likely N-dealkylation sites (N-methyl/N-ethyl adjacent to an activating group) is 1. The molecule has 0 aliphatic carbocycles. The maximum atomic E-state index is 11.8. The topological polar surface area (TPSA) is 46.6 Å². The van der Waals surface area contributed by atoms with Crippen LogP contribution < -0.4 is 4.74 Å². The Balaban J connectivity index is 2.36. The summed E-state index contributed by atoms with van der Waals surface area (Å²) in [5.41, 5.74) is 0.851. The molecule has 7 heteroatoms. The van der Waals surface area contributed by atoms with E-state index in [4.69, 9.17) is 4.74 Å². The summed E-state index contributed by atoms with van der Waals surface area (Å²) >= 11 is 6.59. The van der Waals surface area contributed by atoms with Crippen molar-refractivity contribution in [3.05, 3.63) is 30.6 Å². The number of hydrogen-bond acceptors (Lipinski definition) is 4. The molecule has 1 aromatic carbocycles. The van der Waals surface area contributed by atoms with Gasteiger partial charge in [-0.1, -0.05) is 0 Å². The molecule has 1 saturated heterocycles. The van der Waals surface area contributed by atoms with Crippen LogP contribution >= 0.6 is 50.3 Å². The first kappa shape index (κ1) is 15.8. The molecule has 1 heterocycles. The van der Waals surface area contributed by atoms with Gasteiger partial charge in [0.05, 0.1) is 19.6 Å². The maximum Gasteiger partial charge on any atom is 0.293 e. The van der Waals surface area contributed by atoms with E-state index in [0.29, 0.717) is 11.5 Å². The molecular formula is C13H11BrINO3S. The predicted molar refractivity (Wildman–Crippen MR) is 91.8 cm³/mol. The number of carbonyl (C=O) groups is 2. The summed E-state index contributed by atoms with van der Waals surface area (Å²) in [5, 5.41) is -0.249. The van der Waals surface area contributed by atoms with E-state index in [1.165, 1.54) is 7.05 Å². The van der Waals surface area contributed by atoms with E-state index in [1.807, 2.05) is 19.1 Å². The SMILES string of the molecule is CCOc1c(Br)cc(/C=C2\SC(=O)N(C)C2=O)cc1I. The minimum Gasteiger partial charge on any atom is -0.492 e. The van der Waals surface area contributed by atoms with Gasteiger partial charge in [-0.05, 0) is 81.0 Å². The van der Waals surface area contributed by atoms with Crippen LogP contribution in [0, 0.1) is 3.57 Å². The Morgan fingerprint density at radius 3 is 2.65 bits per heavy atom. The first-order valence-electron chi connectivity index (χ1n) is 5.77. The lowest BCUT2D eigenvalue weighted by atomic mass is 10.2. The Bertz CT molecular complexity index is 595. The van der Waals surface area contributed by atoms with Gasteiger partial charge in [-0.25, -0.2) is 0 Å². The lowest BCUT2D eigenvalue weighted by Crippen LogP contribution is -2.22. The first-order chi connectivity index (χ1) is 9.43. The lowest BCUT2D eigenvalue weighted by molar-refractivity contribution is -0.121. The fourth-order valence-corrected chi connectivity index (χ4v) is 4.24. The largest absolute Gasteiger partial charge is 0.492 e. The number of carbonyl (C=O) groups excluding carboxylic acids is 2. The number of ether oxygens (including phenoxy) is 1. The second-order valence-electron chi connectivity index (χ2n) is 3.99. The summed E-state index contributed by atoms with van der Waals surface area (Å²) in [6, 6.07) is 3.79. The fraction of sp³-hybridized carbons (Fsp3) is 0.231. The number of benzene rings is 1. The van der Waals surface area contributed by atoms with Crippen LogP contribution in [0.15, 0.2) is 21.5 Å². The monoisotopic (exact) mass is 467 g/mol. The zero-order valence-corrected chi connectivity index (χ0v) is 15.3. The molecule has 0 radical (unpaired) electrons. The number of thioether (sulfide) groups is 1. The van der Waals surface area contributed by atoms with Crippen LogP contribution in [0.2, 0.25) is 0 Å².